The highest BCUT2D eigenvalue weighted by atomic mass is 19.1. The van der Waals surface area contributed by atoms with Gasteiger partial charge < -0.3 is 15.7 Å². The van der Waals surface area contributed by atoms with Gasteiger partial charge >= 0.3 is 12.0 Å². The molecule has 1 rings (SSSR count). The van der Waals surface area contributed by atoms with E-state index in [4.69, 9.17) is 5.11 Å². The zero-order valence-electron chi connectivity index (χ0n) is 11.6. The number of benzene rings is 1. The molecular formula is C14H19FN2O3. The van der Waals surface area contributed by atoms with Crippen LogP contribution in [0, 0.1) is 11.7 Å². The van der Waals surface area contributed by atoms with Gasteiger partial charge in [-0.1, -0.05) is 26.7 Å². The standard InChI is InChI=1S/C14H19FN2O3/c1-3-9(4-2)8-16-14(20)17-10-5-6-11(13(18)19)12(15)7-10/h5-7,9H,3-4,8H2,1-2H3,(H,18,19)(H2,16,17,20). The van der Waals surface area contributed by atoms with Crippen molar-refractivity contribution in [1.29, 1.82) is 0 Å². The molecule has 5 nitrogen and oxygen atoms in total. The number of amides is 2. The fourth-order valence-electron chi connectivity index (χ4n) is 1.76. The molecule has 0 aliphatic rings. The van der Waals surface area contributed by atoms with Crippen molar-refractivity contribution in [2.24, 2.45) is 5.92 Å². The molecule has 2 amide bonds. The van der Waals surface area contributed by atoms with E-state index < -0.39 is 23.4 Å². The highest BCUT2D eigenvalue weighted by Crippen LogP contribution is 2.14. The average Bonchev–Trinajstić information content (AvgIpc) is 2.39. The lowest BCUT2D eigenvalue weighted by molar-refractivity contribution is 0.0692. The van der Waals surface area contributed by atoms with Crippen LogP contribution in [-0.2, 0) is 0 Å². The Hall–Kier alpha value is -2.11. The van der Waals surface area contributed by atoms with Crippen molar-refractivity contribution >= 4 is 17.7 Å². The summed E-state index contributed by atoms with van der Waals surface area (Å²) >= 11 is 0. The van der Waals surface area contributed by atoms with Crippen molar-refractivity contribution in [2.75, 3.05) is 11.9 Å². The van der Waals surface area contributed by atoms with Crippen molar-refractivity contribution in [3.63, 3.8) is 0 Å². The minimum absolute atomic E-state index is 0.217. The first-order valence-corrected chi connectivity index (χ1v) is 6.55. The molecule has 0 radical (unpaired) electrons. The van der Waals surface area contributed by atoms with E-state index in [0.717, 1.165) is 25.0 Å². The monoisotopic (exact) mass is 282 g/mol. The summed E-state index contributed by atoms with van der Waals surface area (Å²) in [5.41, 5.74) is -0.206. The molecule has 6 heteroatoms. The molecule has 0 atom stereocenters. The van der Waals surface area contributed by atoms with Crippen LogP contribution in [0.5, 0.6) is 0 Å². The smallest absolute Gasteiger partial charge is 0.338 e. The van der Waals surface area contributed by atoms with Gasteiger partial charge in [-0.15, -0.1) is 0 Å². The van der Waals surface area contributed by atoms with Gasteiger partial charge in [0.2, 0.25) is 0 Å². The lowest BCUT2D eigenvalue weighted by Gasteiger charge is -2.14. The largest absolute Gasteiger partial charge is 0.478 e. The van der Waals surface area contributed by atoms with Crippen LogP contribution in [0.1, 0.15) is 37.0 Å². The third-order valence-electron chi connectivity index (χ3n) is 3.16. The number of aromatic carboxylic acids is 1. The van der Waals surface area contributed by atoms with Crippen molar-refractivity contribution < 1.29 is 19.1 Å². The molecule has 0 saturated carbocycles. The summed E-state index contributed by atoms with van der Waals surface area (Å²) in [5, 5.41) is 13.9. The molecule has 0 aliphatic carbocycles. The van der Waals surface area contributed by atoms with Crippen LogP contribution in [0.3, 0.4) is 0 Å². The Kier molecular flexibility index (Phi) is 5.96. The van der Waals surface area contributed by atoms with Crippen molar-refractivity contribution in [3.8, 4) is 0 Å². The van der Waals surface area contributed by atoms with E-state index in [1.54, 1.807) is 0 Å². The molecule has 0 aromatic heterocycles. The maximum Gasteiger partial charge on any atom is 0.338 e. The van der Waals surface area contributed by atoms with Crippen LogP contribution in [0.4, 0.5) is 14.9 Å². The fraction of sp³-hybridized carbons (Fsp3) is 0.429. The Bertz CT molecular complexity index is 487. The number of nitrogens with one attached hydrogen (secondary N) is 2. The number of anilines is 1. The maximum atomic E-state index is 13.4. The number of carboxylic acid groups (broad SMARTS) is 1. The van der Waals surface area contributed by atoms with E-state index in [9.17, 15) is 14.0 Å². The molecule has 1 aromatic carbocycles. The van der Waals surface area contributed by atoms with Gasteiger partial charge in [0.1, 0.15) is 5.82 Å². The average molecular weight is 282 g/mol. The second-order valence-corrected chi connectivity index (χ2v) is 4.52. The second-order valence-electron chi connectivity index (χ2n) is 4.52. The predicted octanol–water partition coefficient (Wildman–Crippen LogP) is 3.08. The second kappa shape index (κ2) is 7.47. The normalized spacial score (nSPS) is 10.4. The first-order chi connectivity index (χ1) is 9.47. The van der Waals surface area contributed by atoms with Crippen LogP contribution in [-0.4, -0.2) is 23.7 Å². The van der Waals surface area contributed by atoms with Gasteiger partial charge in [0, 0.05) is 12.2 Å². The number of carbonyl (C=O) groups excluding carboxylic acids is 1. The first-order valence-electron chi connectivity index (χ1n) is 6.55. The molecule has 0 bridgehead atoms. The molecule has 0 aliphatic heterocycles. The van der Waals surface area contributed by atoms with E-state index in [2.05, 4.69) is 10.6 Å². The quantitative estimate of drug-likeness (QED) is 0.750. The summed E-state index contributed by atoms with van der Waals surface area (Å²) in [4.78, 5) is 22.3. The van der Waals surface area contributed by atoms with Gasteiger partial charge in [-0.3, -0.25) is 0 Å². The summed E-state index contributed by atoms with van der Waals surface area (Å²) in [6.45, 7) is 4.65. The number of carbonyl (C=O) groups is 2. The number of rotatable bonds is 6. The molecule has 110 valence electrons. The molecule has 0 saturated heterocycles. The van der Waals surface area contributed by atoms with Crippen LogP contribution in [0.15, 0.2) is 18.2 Å². The van der Waals surface area contributed by atoms with Crippen molar-refractivity contribution in [3.05, 3.63) is 29.6 Å². The molecule has 0 unspecified atom stereocenters. The number of hydrogen-bond donors (Lipinski definition) is 3. The Morgan fingerprint density at radius 3 is 2.45 bits per heavy atom. The van der Waals surface area contributed by atoms with Crippen LogP contribution in [0.2, 0.25) is 0 Å². The summed E-state index contributed by atoms with van der Waals surface area (Å²) < 4.78 is 13.4. The van der Waals surface area contributed by atoms with Crippen molar-refractivity contribution in [1.82, 2.24) is 5.32 Å². The number of carboxylic acids is 1. The summed E-state index contributed by atoms with van der Waals surface area (Å²) in [6.07, 6.45) is 1.94. The van der Waals surface area contributed by atoms with Gasteiger partial charge in [-0.05, 0) is 24.1 Å². The summed E-state index contributed by atoms with van der Waals surface area (Å²) in [7, 11) is 0. The predicted molar refractivity (Wildman–Crippen MR) is 74.5 cm³/mol. The van der Waals surface area contributed by atoms with Gasteiger partial charge in [0.15, 0.2) is 0 Å². The minimum Gasteiger partial charge on any atom is -0.478 e. The van der Waals surface area contributed by atoms with E-state index in [-0.39, 0.29) is 5.69 Å². The van der Waals surface area contributed by atoms with Crippen molar-refractivity contribution in [2.45, 2.75) is 26.7 Å². The Labute approximate surface area is 117 Å². The van der Waals surface area contributed by atoms with Gasteiger partial charge in [0.25, 0.3) is 0 Å². The van der Waals surface area contributed by atoms with Crippen LogP contribution in [0.25, 0.3) is 0 Å². The number of hydrogen-bond acceptors (Lipinski definition) is 2. The van der Waals surface area contributed by atoms with E-state index >= 15 is 0 Å². The lowest BCUT2D eigenvalue weighted by Crippen LogP contribution is -2.32. The maximum absolute atomic E-state index is 13.4. The highest BCUT2D eigenvalue weighted by Gasteiger charge is 2.12. The van der Waals surface area contributed by atoms with Crippen LogP contribution >= 0.6 is 0 Å². The molecule has 0 heterocycles. The Morgan fingerprint density at radius 2 is 1.95 bits per heavy atom. The molecular weight excluding hydrogens is 263 g/mol. The third-order valence-corrected chi connectivity index (χ3v) is 3.16. The van der Waals surface area contributed by atoms with E-state index in [1.165, 1.54) is 6.07 Å². The Morgan fingerprint density at radius 1 is 1.30 bits per heavy atom. The molecule has 1 aromatic rings. The highest BCUT2D eigenvalue weighted by molar-refractivity contribution is 5.91. The fourth-order valence-corrected chi connectivity index (χ4v) is 1.76. The Balaban J connectivity index is 2.58. The van der Waals surface area contributed by atoms with Crippen LogP contribution < -0.4 is 10.6 Å². The third kappa shape index (κ3) is 4.53. The lowest BCUT2D eigenvalue weighted by atomic mass is 10.0. The number of urea groups is 1. The van der Waals surface area contributed by atoms with Gasteiger partial charge in [-0.25, -0.2) is 14.0 Å². The zero-order valence-corrected chi connectivity index (χ0v) is 11.6. The first kappa shape index (κ1) is 15.9. The minimum atomic E-state index is -1.34. The van der Waals surface area contributed by atoms with Gasteiger partial charge in [0.05, 0.1) is 5.56 Å². The molecule has 20 heavy (non-hydrogen) atoms. The molecule has 3 N–H and O–H groups in total. The van der Waals surface area contributed by atoms with Gasteiger partial charge in [-0.2, -0.15) is 0 Å². The molecule has 0 spiro atoms. The molecule has 0 fully saturated rings. The topological polar surface area (TPSA) is 78.4 Å². The van der Waals surface area contributed by atoms with E-state index in [0.29, 0.717) is 12.5 Å². The summed E-state index contributed by atoms with van der Waals surface area (Å²) in [6, 6.07) is 3.02. The summed E-state index contributed by atoms with van der Waals surface area (Å²) in [5.74, 6) is -1.81. The van der Waals surface area contributed by atoms with E-state index in [1.807, 2.05) is 13.8 Å². The number of halogens is 1. The zero-order chi connectivity index (χ0) is 15.1. The SMILES string of the molecule is CCC(CC)CNC(=O)Nc1ccc(C(=O)O)c(F)c1.